The van der Waals surface area contributed by atoms with Gasteiger partial charge in [0.1, 0.15) is 0 Å². The number of benzene rings is 1. The van der Waals surface area contributed by atoms with Crippen molar-refractivity contribution in [1.82, 2.24) is 0 Å². The Balaban J connectivity index is 3.11. The highest BCUT2D eigenvalue weighted by Crippen LogP contribution is 2.15. The molecule has 0 fully saturated rings. The van der Waals surface area contributed by atoms with Crippen molar-refractivity contribution in [3.8, 4) is 6.07 Å². The van der Waals surface area contributed by atoms with E-state index in [0.29, 0.717) is 12.0 Å². The summed E-state index contributed by atoms with van der Waals surface area (Å²) in [6.07, 6.45) is 0.659. The minimum absolute atomic E-state index is 0.141. The molecule has 1 aromatic carbocycles. The second-order valence-electron chi connectivity index (χ2n) is 3.34. The molecule has 0 bridgehead atoms. The highest BCUT2D eigenvalue weighted by Gasteiger charge is 2.09. The van der Waals surface area contributed by atoms with Gasteiger partial charge in [0.25, 0.3) is 0 Å². The molecule has 1 aromatic rings. The van der Waals surface area contributed by atoms with E-state index in [-0.39, 0.29) is 10.8 Å². The van der Waals surface area contributed by atoms with Crippen LogP contribution in [0.15, 0.2) is 18.2 Å². The maximum Gasteiger partial charge on any atom is 0.335 e. The molecule has 3 nitrogen and oxygen atoms in total. The van der Waals surface area contributed by atoms with E-state index >= 15 is 0 Å². The predicted octanol–water partition coefficient (Wildman–Crippen LogP) is 2.12. The molecule has 78 valence electrons. The molecule has 0 aliphatic rings. The fraction of sp³-hybridized carbons (Fsp3) is 0.273. The number of hydrogen-bond acceptors (Lipinski definition) is 3. The molecular formula is C11H11NO2S. The van der Waals surface area contributed by atoms with Gasteiger partial charge in [0, 0.05) is 5.25 Å². The van der Waals surface area contributed by atoms with Crippen molar-refractivity contribution in [2.45, 2.75) is 18.6 Å². The predicted molar refractivity (Wildman–Crippen MR) is 60.3 cm³/mol. The van der Waals surface area contributed by atoms with Gasteiger partial charge in [-0.1, -0.05) is 13.0 Å². The Morgan fingerprint density at radius 2 is 2.33 bits per heavy atom. The molecule has 0 aromatic heterocycles. The van der Waals surface area contributed by atoms with E-state index in [4.69, 9.17) is 10.4 Å². The van der Waals surface area contributed by atoms with E-state index in [1.807, 2.05) is 13.0 Å². The van der Waals surface area contributed by atoms with Crippen molar-refractivity contribution >= 4 is 18.6 Å². The van der Waals surface area contributed by atoms with Crippen molar-refractivity contribution in [3.63, 3.8) is 0 Å². The Bertz CT molecular complexity index is 421. The van der Waals surface area contributed by atoms with Crippen molar-refractivity contribution in [3.05, 3.63) is 34.9 Å². The fourth-order valence-corrected chi connectivity index (χ4v) is 1.51. The van der Waals surface area contributed by atoms with Crippen LogP contribution in [0.3, 0.4) is 0 Å². The summed E-state index contributed by atoms with van der Waals surface area (Å²) in [7, 11) is 0. The zero-order valence-corrected chi connectivity index (χ0v) is 9.16. The first-order chi connectivity index (χ1) is 7.04. The van der Waals surface area contributed by atoms with Gasteiger partial charge in [-0.3, -0.25) is 0 Å². The molecule has 0 heterocycles. The standard InChI is InChI=1S/C11H11NO2S/c1-7(15)4-8-2-3-9(11(13)14)5-10(8)6-12/h2-3,5,7,15H,4H2,1H3,(H,13,14). The van der Waals surface area contributed by atoms with Crippen LogP contribution in [0.5, 0.6) is 0 Å². The maximum atomic E-state index is 10.7. The smallest absolute Gasteiger partial charge is 0.335 e. The van der Waals surface area contributed by atoms with Gasteiger partial charge in [0.15, 0.2) is 0 Å². The van der Waals surface area contributed by atoms with Gasteiger partial charge in [0.2, 0.25) is 0 Å². The average molecular weight is 221 g/mol. The van der Waals surface area contributed by atoms with E-state index in [9.17, 15) is 4.79 Å². The van der Waals surface area contributed by atoms with Crippen molar-refractivity contribution in [1.29, 1.82) is 5.26 Å². The van der Waals surface area contributed by atoms with Gasteiger partial charge in [-0.2, -0.15) is 17.9 Å². The minimum Gasteiger partial charge on any atom is -0.478 e. The SMILES string of the molecule is CC(S)Cc1ccc(C(=O)O)cc1C#N. The quantitative estimate of drug-likeness (QED) is 0.768. The fourth-order valence-electron chi connectivity index (χ4n) is 1.31. The molecule has 0 saturated carbocycles. The summed E-state index contributed by atoms with van der Waals surface area (Å²) in [4.78, 5) is 10.7. The molecule has 15 heavy (non-hydrogen) atoms. The van der Waals surface area contributed by atoms with E-state index in [1.165, 1.54) is 12.1 Å². The van der Waals surface area contributed by atoms with Crippen molar-refractivity contribution in [2.75, 3.05) is 0 Å². The molecule has 1 N–H and O–H groups in total. The van der Waals surface area contributed by atoms with Gasteiger partial charge >= 0.3 is 5.97 Å². The van der Waals surface area contributed by atoms with E-state index in [1.54, 1.807) is 6.07 Å². The van der Waals surface area contributed by atoms with E-state index < -0.39 is 5.97 Å². The zero-order chi connectivity index (χ0) is 11.4. The summed E-state index contributed by atoms with van der Waals surface area (Å²) in [5.74, 6) is -1.02. The van der Waals surface area contributed by atoms with Crippen LogP contribution in [0, 0.1) is 11.3 Å². The van der Waals surface area contributed by atoms with Crippen LogP contribution in [0.25, 0.3) is 0 Å². The minimum atomic E-state index is -1.02. The van der Waals surface area contributed by atoms with Crippen molar-refractivity contribution < 1.29 is 9.90 Å². The Kier molecular flexibility index (Phi) is 3.75. The Hall–Kier alpha value is -1.47. The molecule has 0 spiro atoms. The number of carboxylic acid groups (broad SMARTS) is 1. The summed E-state index contributed by atoms with van der Waals surface area (Å²) >= 11 is 4.24. The third-order valence-corrected chi connectivity index (χ3v) is 2.18. The second kappa shape index (κ2) is 4.85. The molecule has 1 unspecified atom stereocenters. The molecule has 0 aliphatic heterocycles. The van der Waals surface area contributed by atoms with Crippen LogP contribution in [0.2, 0.25) is 0 Å². The third kappa shape index (κ3) is 3.00. The number of carboxylic acids is 1. The van der Waals surface area contributed by atoms with Crippen LogP contribution >= 0.6 is 12.6 Å². The molecule has 0 aliphatic carbocycles. The van der Waals surface area contributed by atoms with Gasteiger partial charge in [-0.15, -0.1) is 0 Å². The van der Waals surface area contributed by atoms with Crippen LogP contribution < -0.4 is 0 Å². The first-order valence-electron chi connectivity index (χ1n) is 4.49. The Labute approximate surface area is 93.8 Å². The molecule has 1 rings (SSSR count). The number of nitrogens with zero attached hydrogens (tertiary/aromatic N) is 1. The summed E-state index contributed by atoms with van der Waals surface area (Å²) in [5, 5.41) is 17.8. The molecule has 0 amide bonds. The Morgan fingerprint density at radius 3 is 2.80 bits per heavy atom. The van der Waals surface area contributed by atoms with Crippen molar-refractivity contribution in [2.24, 2.45) is 0 Å². The lowest BCUT2D eigenvalue weighted by atomic mass is 10.0. The molecular weight excluding hydrogens is 210 g/mol. The summed E-state index contributed by atoms with van der Waals surface area (Å²) in [6, 6.07) is 6.58. The monoisotopic (exact) mass is 221 g/mol. The summed E-state index contributed by atoms with van der Waals surface area (Å²) < 4.78 is 0. The molecule has 4 heteroatoms. The molecule has 0 saturated heterocycles. The third-order valence-electron chi connectivity index (χ3n) is 1.99. The lowest BCUT2D eigenvalue weighted by molar-refractivity contribution is 0.0697. The normalized spacial score (nSPS) is 11.8. The summed E-state index contributed by atoms with van der Waals surface area (Å²) in [6.45, 7) is 1.93. The number of carbonyl (C=O) groups is 1. The van der Waals surface area contributed by atoms with Gasteiger partial charge in [-0.25, -0.2) is 4.79 Å². The lowest BCUT2D eigenvalue weighted by Gasteiger charge is -2.06. The van der Waals surface area contributed by atoms with Crippen LogP contribution in [-0.2, 0) is 6.42 Å². The van der Waals surface area contributed by atoms with Crippen LogP contribution in [-0.4, -0.2) is 16.3 Å². The topological polar surface area (TPSA) is 61.1 Å². The first-order valence-corrected chi connectivity index (χ1v) is 5.00. The van der Waals surface area contributed by atoms with Gasteiger partial charge in [-0.05, 0) is 24.1 Å². The number of nitriles is 1. The Morgan fingerprint density at radius 1 is 1.67 bits per heavy atom. The summed E-state index contributed by atoms with van der Waals surface area (Å²) in [5.41, 5.74) is 1.39. The number of aromatic carboxylic acids is 1. The first kappa shape index (κ1) is 11.6. The highest BCUT2D eigenvalue weighted by molar-refractivity contribution is 7.80. The number of rotatable bonds is 3. The van der Waals surface area contributed by atoms with Gasteiger partial charge < -0.3 is 5.11 Å². The average Bonchev–Trinajstić information content (AvgIpc) is 2.17. The lowest BCUT2D eigenvalue weighted by Crippen LogP contribution is -2.03. The van der Waals surface area contributed by atoms with Crippen LogP contribution in [0.4, 0.5) is 0 Å². The second-order valence-corrected chi connectivity index (χ2v) is 4.22. The molecule has 1 atom stereocenters. The highest BCUT2D eigenvalue weighted by atomic mass is 32.1. The zero-order valence-electron chi connectivity index (χ0n) is 8.27. The maximum absolute atomic E-state index is 10.7. The number of hydrogen-bond donors (Lipinski definition) is 2. The number of thiol groups is 1. The van der Waals surface area contributed by atoms with Crippen LogP contribution in [0.1, 0.15) is 28.4 Å². The molecule has 0 radical (unpaired) electrons. The van der Waals surface area contributed by atoms with E-state index in [0.717, 1.165) is 5.56 Å². The largest absolute Gasteiger partial charge is 0.478 e. The van der Waals surface area contributed by atoms with E-state index in [2.05, 4.69) is 12.6 Å². The van der Waals surface area contributed by atoms with Gasteiger partial charge in [0.05, 0.1) is 17.2 Å².